The van der Waals surface area contributed by atoms with Crippen LogP contribution in [0, 0.1) is 0 Å². The van der Waals surface area contributed by atoms with Crippen LogP contribution in [-0.4, -0.2) is 102 Å². The molecule has 2 aliphatic heterocycles. The van der Waals surface area contributed by atoms with Gasteiger partial charge in [0.15, 0.2) is 10.9 Å². The normalized spacial score (nSPS) is 17.6. The quantitative estimate of drug-likeness (QED) is 0.753. The molecule has 2 aromatic rings. The molecule has 11 heteroatoms. The summed E-state index contributed by atoms with van der Waals surface area (Å²) in [5.41, 5.74) is 0.637. The monoisotopic (exact) mass is 446 g/mol. The number of anilines is 1. The van der Waals surface area contributed by atoms with Crippen molar-refractivity contribution in [1.82, 2.24) is 24.6 Å². The highest BCUT2D eigenvalue weighted by Gasteiger charge is 2.26. The number of hydrogen-bond acceptors (Lipinski definition) is 7. The van der Waals surface area contributed by atoms with Crippen LogP contribution in [0.5, 0.6) is 0 Å². The van der Waals surface area contributed by atoms with Gasteiger partial charge in [0.05, 0.1) is 18.4 Å². The van der Waals surface area contributed by atoms with Crippen molar-refractivity contribution in [3.05, 3.63) is 35.2 Å². The number of carbonyl (C=O) groups is 3. The van der Waals surface area contributed by atoms with E-state index in [-0.39, 0.29) is 24.3 Å². The molecule has 2 aromatic heterocycles. The summed E-state index contributed by atoms with van der Waals surface area (Å²) in [6, 6.07) is 3.17. The van der Waals surface area contributed by atoms with E-state index >= 15 is 0 Å². The number of furan rings is 1. The van der Waals surface area contributed by atoms with Crippen LogP contribution in [0.1, 0.15) is 16.2 Å². The Labute approximate surface area is 184 Å². The molecule has 1 N–H and O–H groups in total. The van der Waals surface area contributed by atoms with Gasteiger partial charge < -0.3 is 24.0 Å². The number of nitrogens with zero attached hydrogens (tertiary/aromatic N) is 5. The van der Waals surface area contributed by atoms with Crippen molar-refractivity contribution >= 4 is 34.3 Å². The van der Waals surface area contributed by atoms with Crippen LogP contribution in [-0.2, 0) is 11.2 Å². The van der Waals surface area contributed by atoms with Crippen molar-refractivity contribution in [2.75, 3.05) is 64.7 Å². The third-order valence-corrected chi connectivity index (χ3v) is 6.35. The highest BCUT2D eigenvalue weighted by Crippen LogP contribution is 2.18. The van der Waals surface area contributed by atoms with Gasteiger partial charge in [-0.25, -0.2) is 9.78 Å². The van der Waals surface area contributed by atoms with Gasteiger partial charge >= 0.3 is 6.03 Å². The predicted molar refractivity (Wildman–Crippen MR) is 115 cm³/mol. The van der Waals surface area contributed by atoms with Crippen molar-refractivity contribution in [2.45, 2.75) is 6.42 Å². The number of thiazole rings is 1. The molecule has 0 unspecified atom stereocenters. The van der Waals surface area contributed by atoms with Gasteiger partial charge in [0.1, 0.15) is 0 Å². The van der Waals surface area contributed by atoms with Gasteiger partial charge in [-0.15, -0.1) is 11.3 Å². The third kappa shape index (κ3) is 5.23. The van der Waals surface area contributed by atoms with E-state index in [1.54, 1.807) is 32.2 Å². The van der Waals surface area contributed by atoms with E-state index in [1.807, 2.05) is 7.05 Å². The van der Waals surface area contributed by atoms with E-state index in [2.05, 4.69) is 15.2 Å². The number of nitrogens with one attached hydrogen (secondary N) is 1. The fourth-order valence-electron chi connectivity index (χ4n) is 3.61. The van der Waals surface area contributed by atoms with E-state index in [0.29, 0.717) is 55.9 Å². The van der Waals surface area contributed by atoms with Crippen molar-refractivity contribution < 1.29 is 18.8 Å². The Hall–Kier alpha value is -2.92. The van der Waals surface area contributed by atoms with Crippen molar-refractivity contribution in [3.8, 4) is 0 Å². The summed E-state index contributed by atoms with van der Waals surface area (Å²) in [6.45, 7) is 4.96. The zero-order chi connectivity index (χ0) is 21.8. The Morgan fingerprint density at radius 2 is 1.71 bits per heavy atom. The zero-order valence-corrected chi connectivity index (χ0v) is 18.3. The maximum atomic E-state index is 12.7. The van der Waals surface area contributed by atoms with Crippen LogP contribution in [0.15, 0.2) is 28.2 Å². The highest BCUT2D eigenvalue weighted by atomic mass is 32.1. The first kappa shape index (κ1) is 21.3. The lowest BCUT2D eigenvalue weighted by Crippen LogP contribution is -2.51. The number of likely N-dealkylation sites (N-methyl/N-ethyl adjacent to an activating group) is 1. The van der Waals surface area contributed by atoms with Gasteiger partial charge in [-0.1, -0.05) is 0 Å². The van der Waals surface area contributed by atoms with E-state index in [1.165, 1.54) is 17.6 Å². The SMILES string of the molecule is CN1CCN(C(=O)Nc2nc(CC(=O)N3CCN(C(=O)c4ccco4)CC3)cs2)CC1. The molecule has 0 saturated carbocycles. The smallest absolute Gasteiger partial charge is 0.323 e. The van der Waals surface area contributed by atoms with E-state index in [9.17, 15) is 14.4 Å². The molecule has 0 aromatic carbocycles. The second-order valence-electron chi connectivity index (χ2n) is 7.69. The van der Waals surface area contributed by atoms with Crippen LogP contribution < -0.4 is 5.32 Å². The number of carbonyl (C=O) groups excluding carboxylic acids is 3. The van der Waals surface area contributed by atoms with Crippen LogP contribution in [0.25, 0.3) is 0 Å². The minimum atomic E-state index is -0.155. The summed E-state index contributed by atoms with van der Waals surface area (Å²) in [7, 11) is 2.04. The molecule has 2 aliphatic rings. The van der Waals surface area contributed by atoms with Gasteiger partial charge in [-0.05, 0) is 19.2 Å². The number of urea groups is 1. The van der Waals surface area contributed by atoms with E-state index in [0.717, 1.165) is 13.1 Å². The van der Waals surface area contributed by atoms with Crippen LogP contribution >= 0.6 is 11.3 Å². The number of rotatable bonds is 4. The molecule has 0 bridgehead atoms. The summed E-state index contributed by atoms with van der Waals surface area (Å²) in [4.78, 5) is 49.1. The second-order valence-corrected chi connectivity index (χ2v) is 8.55. The number of piperazine rings is 2. The number of hydrogen-bond donors (Lipinski definition) is 1. The average molecular weight is 447 g/mol. The van der Waals surface area contributed by atoms with Crippen LogP contribution in [0.4, 0.5) is 9.93 Å². The molecule has 4 amide bonds. The Balaban J connectivity index is 1.24. The minimum Gasteiger partial charge on any atom is -0.459 e. The Morgan fingerprint density at radius 3 is 2.39 bits per heavy atom. The molecule has 166 valence electrons. The molecule has 2 fully saturated rings. The fourth-order valence-corrected chi connectivity index (χ4v) is 4.31. The Bertz CT molecular complexity index is 914. The minimum absolute atomic E-state index is 0.0349. The average Bonchev–Trinajstić information content (AvgIpc) is 3.46. The molecule has 4 rings (SSSR count). The predicted octanol–water partition coefficient (Wildman–Crippen LogP) is 1.04. The summed E-state index contributed by atoms with van der Waals surface area (Å²) in [5.74, 6) is 0.123. The molecule has 0 atom stereocenters. The second kappa shape index (κ2) is 9.48. The summed E-state index contributed by atoms with van der Waals surface area (Å²) in [5, 5.41) is 5.13. The molecule has 10 nitrogen and oxygen atoms in total. The summed E-state index contributed by atoms with van der Waals surface area (Å²) < 4.78 is 5.16. The number of aromatic nitrogens is 1. The maximum absolute atomic E-state index is 12.7. The van der Waals surface area contributed by atoms with Gasteiger partial charge in [0.2, 0.25) is 5.91 Å². The molecule has 2 saturated heterocycles. The lowest BCUT2D eigenvalue weighted by atomic mass is 10.2. The van der Waals surface area contributed by atoms with E-state index in [4.69, 9.17) is 4.42 Å². The molecular weight excluding hydrogens is 420 g/mol. The maximum Gasteiger partial charge on any atom is 0.323 e. The van der Waals surface area contributed by atoms with Crippen molar-refractivity contribution in [2.24, 2.45) is 0 Å². The van der Waals surface area contributed by atoms with Crippen LogP contribution in [0.2, 0.25) is 0 Å². The molecule has 0 spiro atoms. The Kier molecular flexibility index (Phi) is 6.52. The lowest BCUT2D eigenvalue weighted by Gasteiger charge is -2.34. The van der Waals surface area contributed by atoms with Crippen LogP contribution in [0.3, 0.4) is 0 Å². The van der Waals surface area contributed by atoms with Gasteiger partial charge in [-0.2, -0.15) is 0 Å². The molecule has 4 heterocycles. The number of amides is 4. The first-order chi connectivity index (χ1) is 15.0. The lowest BCUT2D eigenvalue weighted by molar-refractivity contribution is -0.132. The molecule has 31 heavy (non-hydrogen) atoms. The third-order valence-electron chi connectivity index (χ3n) is 5.54. The standard InChI is InChI=1S/C20H26N6O4S/c1-23-4-6-26(7-5-23)20(29)22-19-21-15(14-31-19)13-17(27)24-8-10-25(11-9-24)18(28)16-3-2-12-30-16/h2-3,12,14H,4-11,13H2,1H3,(H,21,22,29). The van der Waals surface area contributed by atoms with Crippen molar-refractivity contribution in [3.63, 3.8) is 0 Å². The molecular formula is C20H26N6O4S. The Morgan fingerprint density at radius 1 is 1.03 bits per heavy atom. The van der Waals surface area contributed by atoms with E-state index < -0.39 is 0 Å². The highest BCUT2D eigenvalue weighted by molar-refractivity contribution is 7.13. The van der Waals surface area contributed by atoms with Gasteiger partial charge in [0, 0.05) is 57.7 Å². The molecule has 0 aliphatic carbocycles. The first-order valence-electron chi connectivity index (χ1n) is 10.3. The largest absolute Gasteiger partial charge is 0.459 e. The fraction of sp³-hybridized carbons (Fsp3) is 0.500. The zero-order valence-electron chi connectivity index (χ0n) is 17.5. The molecule has 0 radical (unpaired) electrons. The van der Waals surface area contributed by atoms with Gasteiger partial charge in [0.25, 0.3) is 5.91 Å². The topological polar surface area (TPSA) is 102 Å². The first-order valence-corrected chi connectivity index (χ1v) is 11.2. The summed E-state index contributed by atoms with van der Waals surface area (Å²) in [6.07, 6.45) is 1.65. The van der Waals surface area contributed by atoms with Crippen molar-refractivity contribution in [1.29, 1.82) is 0 Å². The van der Waals surface area contributed by atoms with Gasteiger partial charge in [-0.3, -0.25) is 14.9 Å². The summed E-state index contributed by atoms with van der Waals surface area (Å²) >= 11 is 1.32.